The summed E-state index contributed by atoms with van der Waals surface area (Å²) in [6.45, 7) is 1.54. The van der Waals surface area contributed by atoms with Gasteiger partial charge in [0.25, 0.3) is 0 Å². The molecule has 78 valence electrons. The number of ether oxygens (including phenoxy) is 1. The topological polar surface area (TPSA) is 35.2 Å². The molecule has 1 saturated carbocycles. The highest BCUT2D eigenvalue weighted by Crippen LogP contribution is 2.31. The van der Waals surface area contributed by atoms with Crippen molar-refractivity contribution >= 4 is 27.3 Å². The lowest BCUT2D eigenvalue weighted by molar-refractivity contribution is -0.0367. The summed E-state index contributed by atoms with van der Waals surface area (Å²) in [6, 6.07) is 2.06. The van der Waals surface area contributed by atoms with E-state index < -0.39 is 0 Å². The van der Waals surface area contributed by atoms with E-state index in [1.165, 1.54) is 4.88 Å². The third-order valence-electron chi connectivity index (χ3n) is 2.67. The molecule has 1 aromatic heterocycles. The fraction of sp³-hybridized carbons (Fsp3) is 0.600. The fourth-order valence-corrected chi connectivity index (χ4v) is 3.01. The Balaban J connectivity index is 1.72. The van der Waals surface area contributed by atoms with Gasteiger partial charge >= 0.3 is 0 Å². The Morgan fingerprint density at radius 1 is 1.57 bits per heavy atom. The summed E-state index contributed by atoms with van der Waals surface area (Å²) in [5.41, 5.74) is 5.55. The van der Waals surface area contributed by atoms with E-state index in [9.17, 15) is 0 Å². The van der Waals surface area contributed by atoms with E-state index in [0.29, 0.717) is 12.0 Å². The number of nitrogens with two attached hydrogens (primary N) is 1. The minimum Gasteiger partial charge on any atom is -0.373 e. The van der Waals surface area contributed by atoms with Gasteiger partial charge in [-0.3, -0.25) is 0 Å². The summed E-state index contributed by atoms with van der Waals surface area (Å²) < 4.78 is 6.92. The lowest BCUT2D eigenvalue weighted by Crippen LogP contribution is -2.35. The Hall–Kier alpha value is 0.100. The van der Waals surface area contributed by atoms with Gasteiger partial charge in [-0.2, -0.15) is 0 Å². The molecule has 0 aliphatic heterocycles. The zero-order valence-electron chi connectivity index (χ0n) is 7.91. The molecule has 2 rings (SSSR count). The van der Waals surface area contributed by atoms with Crippen molar-refractivity contribution in [3.8, 4) is 0 Å². The number of rotatable bonds is 4. The van der Waals surface area contributed by atoms with Gasteiger partial charge < -0.3 is 10.5 Å². The van der Waals surface area contributed by atoms with Gasteiger partial charge in [0, 0.05) is 9.35 Å². The van der Waals surface area contributed by atoms with Crippen molar-refractivity contribution < 1.29 is 4.74 Å². The lowest BCUT2D eigenvalue weighted by Gasteiger charge is -2.34. The van der Waals surface area contributed by atoms with Crippen LogP contribution in [0, 0.1) is 5.92 Å². The van der Waals surface area contributed by atoms with E-state index >= 15 is 0 Å². The van der Waals surface area contributed by atoms with Gasteiger partial charge in [-0.25, -0.2) is 0 Å². The van der Waals surface area contributed by atoms with Gasteiger partial charge in [0.05, 0.1) is 12.7 Å². The molecule has 0 atom stereocenters. The second kappa shape index (κ2) is 4.75. The summed E-state index contributed by atoms with van der Waals surface area (Å²) in [5.74, 6) is 0.701. The summed E-state index contributed by atoms with van der Waals surface area (Å²) in [7, 11) is 0. The zero-order chi connectivity index (χ0) is 9.97. The summed E-state index contributed by atoms with van der Waals surface area (Å²) in [4.78, 5) is 1.28. The number of hydrogen-bond acceptors (Lipinski definition) is 3. The Kier molecular flexibility index (Phi) is 3.60. The van der Waals surface area contributed by atoms with Gasteiger partial charge in [0.2, 0.25) is 0 Å². The normalized spacial score (nSPS) is 26.1. The van der Waals surface area contributed by atoms with Crippen LogP contribution in [0.1, 0.15) is 17.7 Å². The monoisotopic (exact) mass is 275 g/mol. The predicted molar refractivity (Wildman–Crippen MR) is 62.4 cm³/mol. The lowest BCUT2D eigenvalue weighted by atomic mass is 9.82. The standard InChI is InChI=1S/C10H14BrNOS/c11-9-1-2-14-10(9)6-13-8-3-7(4-8)5-12/h1-2,7-8H,3-6,12H2. The van der Waals surface area contributed by atoms with E-state index in [1.807, 2.05) is 0 Å². The highest BCUT2D eigenvalue weighted by atomic mass is 79.9. The maximum absolute atomic E-state index is 5.76. The van der Waals surface area contributed by atoms with E-state index in [4.69, 9.17) is 10.5 Å². The van der Waals surface area contributed by atoms with Crippen LogP contribution in [0.4, 0.5) is 0 Å². The molecule has 4 heteroatoms. The van der Waals surface area contributed by atoms with Crippen LogP contribution in [-0.4, -0.2) is 12.6 Å². The van der Waals surface area contributed by atoms with Crippen LogP contribution >= 0.6 is 27.3 Å². The van der Waals surface area contributed by atoms with Crippen LogP contribution in [0.3, 0.4) is 0 Å². The van der Waals surface area contributed by atoms with Crippen LogP contribution < -0.4 is 5.73 Å². The maximum atomic E-state index is 5.76. The van der Waals surface area contributed by atoms with Crippen molar-refractivity contribution in [1.82, 2.24) is 0 Å². The molecule has 1 heterocycles. The first kappa shape index (κ1) is 10.6. The molecule has 0 saturated heterocycles. The average Bonchev–Trinajstić information content (AvgIpc) is 2.49. The smallest absolute Gasteiger partial charge is 0.0824 e. The highest BCUT2D eigenvalue weighted by molar-refractivity contribution is 9.10. The number of halogens is 1. The predicted octanol–water partition coefficient (Wildman–Crippen LogP) is 2.76. The van der Waals surface area contributed by atoms with Crippen LogP contribution in [-0.2, 0) is 11.3 Å². The second-order valence-electron chi connectivity index (χ2n) is 3.70. The Morgan fingerprint density at radius 3 is 2.93 bits per heavy atom. The first-order valence-electron chi connectivity index (χ1n) is 4.83. The average molecular weight is 276 g/mol. The van der Waals surface area contributed by atoms with Gasteiger partial charge in [-0.15, -0.1) is 11.3 Å². The molecular formula is C10H14BrNOS. The molecule has 0 spiro atoms. The molecule has 0 bridgehead atoms. The molecular weight excluding hydrogens is 262 g/mol. The van der Waals surface area contributed by atoms with Gasteiger partial charge in [-0.05, 0) is 52.7 Å². The van der Waals surface area contributed by atoms with Crippen molar-refractivity contribution in [3.63, 3.8) is 0 Å². The SMILES string of the molecule is NCC1CC(OCc2sccc2Br)C1. The summed E-state index contributed by atoms with van der Waals surface area (Å²) in [6.07, 6.45) is 2.72. The molecule has 1 aliphatic rings. The van der Waals surface area contributed by atoms with Crippen LogP contribution in [0.25, 0.3) is 0 Å². The summed E-state index contributed by atoms with van der Waals surface area (Å²) >= 11 is 5.23. The zero-order valence-corrected chi connectivity index (χ0v) is 10.3. The third kappa shape index (κ3) is 2.37. The largest absolute Gasteiger partial charge is 0.373 e. The van der Waals surface area contributed by atoms with Crippen molar-refractivity contribution in [2.45, 2.75) is 25.6 Å². The Labute approximate surface area is 96.6 Å². The Morgan fingerprint density at radius 2 is 2.36 bits per heavy atom. The van der Waals surface area contributed by atoms with Gasteiger partial charge in [0.1, 0.15) is 0 Å². The van der Waals surface area contributed by atoms with E-state index in [-0.39, 0.29) is 0 Å². The number of hydrogen-bond donors (Lipinski definition) is 1. The minimum atomic E-state index is 0.442. The molecule has 0 radical (unpaired) electrons. The van der Waals surface area contributed by atoms with Crippen molar-refractivity contribution in [2.75, 3.05) is 6.54 Å². The third-order valence-corrected chi connectivity index (χ3v) is 4.57. The van der Waals surface area contributed by atoms with Crippen LogP contribution in [0.5, 0.6) is 0 Å². The molecule has 1 fully saturated rings. The van der Waals surface area contributed by atoms with Crippen molar-refractivity contribution in [2.24, 2.45) is 11.7 Å². The molecule has 2 N–H and O–H groups in total. The van der Waals surface area contributed by atoms with E-state index in [2.05, 4.69) is 27.4 Å². The second-order valence-corrected chi connectivity index (χ2v) is 5.55. The minimum absolute atomic E-state index is 0.442. The molecule has 1 aliphatic carbocycles. The molecule has 1 aromatic rings. The Bertz CT molecular complexity index is 296. The van der Waals surface area contributed by atoms with Crippen molar-refractivity contribution in [1.29, 1.82) is 0 Å². The molecule has 0 unspecified atom stereocenters. The molecule has 2 nitrogen and oxygen atoms in total. The molecule has 0 aromatic carbocycles. The van der Waals surface area contributed by atoms with Crippen LogP contribution in [0.15, 0.2) is 15.9 Å². The van der Waals surface area contributed by atoms with E-state index in [1.54, 1.807) is 11.3 Å². The molecule has 14 heavy (non-hydrogen) atoms. The van der Waals surface area contributed by atoms with Gasteiger partial charge in [-0.1, -0.05) is 0 Å². The quantitative estimate of drug-likeness (QED) is 0.917. The highest BCUT2D eigenvalue weighted by Gasteiger charge is 2.28. The van der Waals surface area contributed by atoms with Crippen molar-refractivity contribution in [3.05, 3.63) is 20.8 Å². The van der Waals surface area contributed by atoms with E-state index in [0.717, 1.165) is 30.5 Å². The van der Waals surface area contributed by atoms with Crippen LogP contribution in [0.2, 0.25) is 0 Å². The molecule has 0 amide bonds. The first-order chi connectivity index (χ1) is 6.79. The number of thiophene rings is 1. The van der Waals surface area contributed by atoms with Gasteiger partial charge in [0.15, 0.2) is 0 Å². The maximum Gasteiger partial charge on any atom is 0.0824 e. The summed E-state index contributed by atoms with van der Waals surface area (Å²) in [5, 5.41) is 2.08. The fourth-order valence-electron chi connectivity index (χ4n) is 1.62. The first-order valence-corrected chi connectivity index (χ1v) is 6.50.